The maximum absolute atomic E-state index is 12.4. The zero-order valence-corrected chi connectivity index (χ0v) is 16.2. The van der Waals surface area contributed by atoms with Crippen LogP contribution in [0.25, 0.3) is 0 Å². The number of carboxylic acid groups (broad SMARTS) is 1. The summed E-state index contributed by atoms with van der Waals surface area (Å²) in [7, 11) is 0. The summed E-state index contributed by atoms with van der Waals surface area (Å²) in [6, 6.07) is 9.90. The first kappa shape index (κ1) is 20.5. The predicted molar refractivity (Wildman–Crippen MR) is 109 cm³/mol. The standard InChI is InChI=1S/C22H28O3S/c1-17(18-9-6-4-7-10-18)21(23)14-13-20-16-26-15-19(20)11-5-2-3-8-12-22(24)25/h2,4-7,9-10,13-14,17,19-20H,3,8,11-12,15-16H2,1H3,(H,24,25)/t17?,19-,20+/m0/s1. The quantitative estimate of drug-likeness (QED) is 0.353. The lowest BCUT2D eigenvalue weighted by molar-refractivity contribution is -0.137. The van der Waals surface area contributed by atoms with E-state index in [2.05, 4.69) is 18.2 Å². The summed E-state index contributed by atoms with van der Waals surface area (Å²) < 4.78 is 0. The summed E-state index contributed by atoms with van der Waals surface area (Å²) in [5.41, 5.74) is 1.06. The summed E-state index contributed by atoms with van der Waals surface area (Å²) in [6.45, 7) is 1.96. The number of carboxylic acids is 1. The number of unbranched alkanes of at least 4 members (excludes halogenated alkanes) is 1. The highest BCUT2D eigenvalue weighted by Crippen LogP contribution is 2.33. The largest absolute Gasteiger partial charge is 0.481 e. The minimum Gasteiger partial charge on any atom is -0.481 e. The number of ketones is 1. The van der Waals surface area contributed by atoms with E-state index in [9.17, 15) is 9.59 Å². The third-order valence-electron chi connectivity index (χ3n) is 4.85. The van der Waals surface area contributed by atoms with Crippen LogP contribution in [0.5, 0.6) is 0 Å². The van der Waals surface area contributed by atoms with Gasteiger partial charge in [-0.15, -0.1) is 0 Å². The average Bonchev–Trinajstić information content (AvgIpc) is 3.09. The zero-order valence-electron chi connectivity index (χ0n) is 15.3. The molecule has 0 aliphatic carbocycles. The first-order chi connectivity index (χ1) is 12.6. The zero-order chi connectivity index (χ0) is 18.8. The summed E-state index contributed by atoms with van der Waals surface area (Å²) in [6.07, 6.45) is 10.9. The molecule has 0 bridgehead atoms. The molecule has 1 fully saturated rings. The molecule has 0 spiro atoms. The molecule has 1 aromatic rings. The highest BCUT2D eigenvalue weighted by molar-refractivity contribution is 7.99. The van der Waals surface area contributed by atoms with E-state index in [-0.39, 0.29) is 18.1 Å². The fourth-order valence-electron chi connectivity index (χ4n) is 3.10. The predicted octanol–water partition coefficient (Wildman–Crippen LogP) is 5.10. The minimum atomic E-state index is -0.731. The molecule has 4 heteroatoms. The van der Waals surface area contributed by atoms with Gasteiger partial charge in [-0.2, -0.15) is 11.8 Å². The molecule has 1 aromatic carbocycles. The van der Waals surface area contributed by atoms with Gasteiger partial charge in [0.1, 0.15) is 0 Å². The van der Waals surface area contributed by atoms with E-state index in [1.165, 1.54) is 0 Å². The highest BCUT2D eigenvalue weighted by atomic mass is 32.2. The van der Waals surface area contributed by atoms with Crippen LogP contribution in [0.4, 0.5) is 0 Å². The average molecular weight is 373 g/mol. The molecule has 0 saturated carbocycles. The molecule has 26 heavy (non-hydrogen) atoms. The van der Waals surface area contributed by atoms with Crippen LogP contribution in [-0.4, -0.2) is 28.4 Å². The number of thioether (sulfide) groups is 1. The van der Waals surface area contributed by atoms with Gasteiger partial charge in [0.2, 0.25) is 0 Å². The smallest absolute Gasteiger partial charge is 0.303 e. The Balaban J connectivity index is 1.80. The fraction of sp³-hybridized carbons (Fsp3) is 0.455. The summed E-state index contributed by atoms with van der Waals surface area (Å²) in [5, 5.41) is 8.63. The highest BCUT2D eigenvalue weighted by Gasteiger charge is 2.25. The van der Waals surface area contributed by atoms with Crippen LogP contribution in [0.15, 0.2) is 54.6 Å². The molecule has 0 radical (unpaired) electrons. The lowest BCUT2D eigenvalue weighted by atomic mass is 9.90. The molecule has 140 valence electrons. The van der Waals surface area contributed by atoms with E-state index >= 15 is 0 Å². The van der Waals surface area contributed by atoms with E-state index in [0.717, 1.165) is 29.9 Å². The molecule has 1 aliphatic rings. The lowest BCUT2D eigenvalue weighted by Crippen LogP contribution is -2.11. The van der Waals surface area contributed by atoms with Crippen molar-refractivity contribution in [3.8, 4) is 0 Å². The van der Waals surface area contributed by atoms with Crippen molar-refractivity contribution in [3.05, 3.63) is 60.2 Å². The molecule has 3 atom stereocenters. The van der Waals surface area contributed by atoms with Gasteiger partial charge >= 0.3 is 5.97 Å². The number of rotatable bonds is 10. The normalized spacial score (nSPS) is 21.4. The Labute approximate surface area is 160 Å². The van der Waals surface area contributed by atoms with Gasteiger partial charge in [0.25, 0.3) is 0 Å². The monoisotopic (exact) mass is 372 g/mol. The molecular formula is C22H28O3S. The van der Waals surface area contributed by atoms with E-state index < -0.39 is 5.97 Å². The Morgan fingerprint density at radius 2 is 2.00 bits per heavy atom. The van der Waals surface area contributed by atoms with Crippen molar-refractivity contribution in [1.29, 1.82) is 0 Å². The first-order valence-electron chi connectivity index (χ1n) is 9.29. The van der Waals surface area contributed by atoms with Gasteiger partial charge < -0.3 is 5.11 Å². The van der Waals surface area contributed by atoms with Gasteiger partial charge in [0.15, 0.2) is 5.78 Å². The number of carbonyl (C=O) groups excluding carboxylic acids is 1. The van der Waals surface area contributed by atoms with Crippen molar-refractivity contribution in [1.82, 2.24) is 0 Å². The van der Waals surface area contributed by atoms with Crippen LogP contribution >= 0.6 is 11.8 Å². The number of hydrogen-bond donors (Lipinski definition) is 1. The van der Waals surface area contributed by atoms with Crippen LogP contribution in [-0.2, 0) is 9.59 Å². The molecule has 2 rings (SSSR count). The van der Waals surface area contributed by atoms with Crippen LogP contribution in [0.3, 0.4) is 0 Å². The van der Waals surface area contributed by atoms with Crippen LogP contribution < -0.4 is 0 Å². The van der Waals surface area contributed by atoms with Crippen molar-refractivity contribution >= 4 is 23.5 Å². The minimum absolute atomic E-state index is 0.103. The number of carbonyl (C=O) groups is 2. The summed E-state index contributed by atoms with van der Waals surface area (Å²) in [4.78, 5) is 22.9. The van der Waals surface area contributed by atoms with Crippen LogP contribution in [0.2, 0.25) is 0 Å². The van der Waals surface area contributed by atoms with Gasteiger partial charge in [-0.3, -0.25) is 9.59 Å². The molecule has 1 aliphatic heterocycles. The van der Waals surface area contributed by atoms with Crippen molar-refractivity contribution in [3.63, 3.8) is 0 Å². The molecule has 1 N–H and O–H groups in total. The Kier molecular flexibility index (Phi) is 8.69. The second-order valence-corrected chi connectivity index (χ2v) is 7.92. The second-order valence-electron chi connectivity index (χ2n) is 6.85. The van der Waals surface area contributed by atoms with E-state index in [0.29, 0.717) is 18.3 Å². The van der Waals surface area contributed by atoms with E-state index in [1.54, 1.807) is 6.08 Å². The van der Waals surface area contributed by atoms with Gasteiger partial charge in [-0.25, -0.2) is 0 Å². The SMILES string of the molecule is CC(C(=O)C=C[C@@H]1CSC[C@@H]1CC=CCCCC(=O)O)c1ccccc1. The van der Waals surface area contributed by atoms with Crippen molar-refractivity contribution in [2.24, 2.45) is 11.8 Å². The topological polar surface area (TPSA) is 54.4 Å². The Hall–Kier alpha value is -1.81. The van der Waals surface area contributed by atoms with Crippen LogP contribution in [0, 0.1) is 11.8 Å². The third kappa shape index (κ3) is 6.83. The molecule has 1 saturated heterocycles. The molecular weight excluding hydrogens is 344 g/mol. The molecule has 0 aromatic heterocycles. The van der Waals surface area contributed by atoms with Gasteiger partial charge in [-0.05, 0) is 54.2 Å². The fourth-order valence-corrected chi connectivity index (χ4v) is 4.58. The lowest BCUT2D eigenvalue weighted by Gasteiger charge is -2.13. The molecule has 1 unspecified atom stereocenters. The Morgan fingerprint density at radius 1 is 1.23 bits per heavy atom. The van der Waals surface area contributed by atoms with Crippen molar-refractivity contribution in [2.45, 2.75) is 38.5 Å². The first-order valence-corrected chi connectivity index (χ1v) is 10.4. The van der Waals surface area contributed by atoms with E-state index in [4.69, 9.17) is 5.11 Å². The maximum Gasteiger partial charge on any atom is 0.303 e. The number of aliphatic carboxylic acids is 1. The Morgan fingerprint density at radius 3 is 2.73 bits per heavy atom. The van der Waals surface area contributed by atoms with Gasteiger partial charge in [0.05, 0.1) is 0 Å². The maximum atomic E-state index is 12.4. The summed E-state index contributed by atoms with van der Waals surface area (Å²) >= 11 is 1.94. The van der Waals surface area contributed by atoms with Crippen LogP contribution in [0.1, 0.15) is 44.1 Å². The van der Waals surface area contributed by atoms with Gasteiger partial charge in [0, 0.05) is 12.3 Å². The van der Waals surface area contributed by atoms with Gasteiger partial charge in [-0.1, -0.05) is 55.5 Å². The molecule has 0 amide bonds. The van der Waals surface area contributed by atoms with E-state index in [1.807, 2.05) is 49.0 Å². The Bertz CT molecular complexity index is 636. The second kappa shape index (κ2) is 11.0. The number of allylic oxidation sites excluding steroid dienone is 4. The molecule has 3 nitrogen and oxygen atoms in total. The molecule has 1 heterocycles. The third-order valence-corrected chi connectivity index (χ3v) is 6.13. The number of benzene rings is 1. The number of hydrogen-bond acceptors (Lipinski definition) is 3. The summed E-state index contributed by atoms with van der Waals surface area (Å²) in [5.74, 6) is 2.52. The van der Waals surface area contributed by atoms with Crippen molar-refractivity contribution in [2.75, 3.05) is 11.5 Å². The van der Waals surface area contributed by atoms with Crippen molar-refractivity contribution < 1.29 is 14.7 Å².